The summed E-state index contributed by atoms with van der Waals surface area (Å²) in [4.78, 5) is 0. The van der Waals surface area contributed by atoms with Crippen LogP contribution < -0.4 is 0 Å². The summed E-state index contributed by atoms with van der Waals surface area (Å²) in [6, 6.07) is 0. The van der Waals surface area contributed by atoms with Gasteiger partial charge in [0.1, 0.15) is 0 Å². The van der Waals surface area contributed by atoms with E-state index in [1.807, 2.05) is 0 Å². The van der Waals surface area contributed by atoms with E-state index in [-0.39, 0.29) is 0 Å². The van der Waals surface area contributed by atoms with Gasteiger partial charge >= 0.3 is 0 Å². The molecule has 0 radical (unpaired) electrons. The van der Waals surface area contributed by atoms with Crippen LogP contribution in [0.4, 0.5) is 0 Å². The van der Waals surface area contributed by atoms with E-state index < -0.39 is 0 Å². The van der Waals surface area contributed by atoms with E-state index >= 15 is 0 Å². The van der Waals surface area contributed by atoms with Crippen LogP contribution in [0.25, 0.3) is 0 Å². The molecule has 0 amide bonds. The first-order chi connectivity index (χ1) is 5.31. The van der Waals surface area contributed by atoms with Crippen LogP contribution in [0.15, 0.2) is 0 Å². The highest BCUT2D eigenvalue weighted by molar-refractivity contribution is 7.80. The van der Waals surface area contributed by atoms with Crippen molar-refractivity contribution in [2.45, 2.75) is 45.6 Å². The van der Waals surface area contributed by atoms with Gasteiger partial charge in [-0.25, -0.2) is 0 Å². The zero-order valence-electron chi connectivity index (χ0n) is 7.68. The SMILES string of the molecule is CCCCCOC(C)CCS. The van der Waals surface area contributed by atoms with Crippen LogP contribution in [0, 0.1) is 0 Å². The minimum absolute atomic E-state index is 0.393. The van der Waals surface area contributed by atoms with Crippen LogP contribution >= 0.6 is 12.6 Å². The molecule has 0 spiro atoms. The molecule has 68 valence electrons. The maximum absolute atomic E-state index is 5.54. The summed E-state index contributed by atoms with van der Waals surface area (Å²) in [6.07, 6.45) is 5.21. The van der Waals surface area contributed by atoms with Crippen LogP contribution in [0.5, 0.6) is 0 Å². The van der Waals surface area contributed by atoms with E-state index in [2.05, 4.69) is 26.5 Å². The van der Waals surface area contributed by atoms with Crippen LogP contribution in [0.2, 0.25) is 0 Å². The summed E-state index contributed by atoms with van der Waals surface area (Å²) >= 11 is 4.14. The largest absolute Gasteiger partial charge is 0.378 e. The van der Waals surface area contributed by atoms with Crippen molar-refractivity contribution < 1.29 is 4.74 Å². The molecule has 0 aliphatic carbocycles. The average Bonchev–Trinajstić information content (AvgIpc) is 1.99. The van der Waals surface area contributed by atoms with Gasteiger partial charge in [-0.1, -0.05) is 19.8 Å². The van der Waals surface area contributed by atoms with Gasteiger partial charge in [-0.15, -0.1) is 0 Å². The molecule has 0 aromatic carbocycles. The van der Waals surface area contributed by atoms with Gasteiger partial charge in [0.2, 0.25) is 0 Å². The Morgan fingerprint density at radius 2 is 2.09 bits per heavy atom. The summed E-state index contributed by atoms with van der Waals surface area (Å²) in [5, 5.41) is 0. The molecule has 11 heavy (non-hydrogen) atoms. The average molecular weight is 176 g/mol. The molecule has 0 fully saturated rings. The number of ether oxygens (including phenoxy) is 1. The van der Waals surface area contributed by atoms with Crippen LogP contribution in [0.1, 0.15) is 39.5 Å². The summed E-state index contributed by atoms with van der Waals surface area (Å²) < 4.78 is 5.54. The van der Waals surface area contributed by atoms with Crippen LogP contribution in [-0.4, -0.2) is 18.5 Å². The predicted octanol–water partition coefficient (Wildman–Crippen LogP) is 2.90. The highest BCUT2D eigenvalue weighted by Crippen LogP contribution is 2.01. The summed E-state index contributed by atoms with van der Waals surface area (Å²) in [6.45, 7) is 5.24. The minimum atomic E-state index is 0.393. The third kappa shape index (κ3) is 8.21. The van der Waals surface area contributed by atoms with Crippen LogP contribution in [-0.2, 0) is 4.74 Å². The molecule has 0 saturated carbocycles. The smallest absolute Gasteiger partial charge is 0.0554 e. The van der Waals surface area contributed by atoms with E-state index in [0.29, 0.717) is 6.10 Å². The van der Waals surface area contributed by atoms with E-state index in [9.17, 15) is 0 Å². The quantitative estimate of drug-likeness (QED) is 0.463. The molecule has 0 N–H and O–H groups in total. The summed E-state index contributed by atoms with van der Waals surface area (Å²) in [5.74, 6) is 0.926. The van der Waals surface area contributed by atoms with Gasteiger partial charge in [-0.3, -0.25) is 0 Å². The Bertz CT molecular complexity index is 76.0. The lowest BCUT2D eigenvalue weighted by atomic mass is 10.2. The number of thiol groups is 1. The Morgan fingerprint density at radius 3 is 2.64 bits per heavy atom. The lowest BCUT2D eigenvalue weighted by Crippen LogP contribution is -2.09. The molecule has 1 unspecified atom stereocenters. The van der Waals surface area contributed by atoms with Crippen molar-refractivity contribution in [1.82, 2.24) is 0 Å². The minimum Gasteiger partial charge on any atom is -0.378 e. The fourth-order valence-corrected chi connectivity index (χ4v) is 1.27. The fraction of sp³-hybridized carbons (Fsp3) is 1.00. The topological polar surface area (TPSA) is 9.23 Å². The molecule has 1 atom stereocenters. The first kappa shape index (κ1) is 11.3. The second kappa shape index (κ2) is 8.41. The highest BCUT2D eigenvalue weighted by atomic mass is 32.1. The third-order valence-electron chi connectivity index (χ3n) is 1.69. The first-order valence-electron chi connectivity index (χ1n) is 4.53. The summed E-state index contributed by atoms with van der Waals surface area (Å²) in [7, 11) is 0. The number of rotatable bonds is 7. The zero-order valence-corrected chi connectivity index (χ0v) is 8.57. The molecule has 2 heteroatoms. The Balaban J connectivity index is 2.97. The predicted molar refractivity (Wildman–Crippen MR) is 53.4 cm³/mol. The van der Waals surface area contributed by atoms with Gasteiger partial charge in [0.15, 0.2) is 0 Å². The van der Waals surface area contributed by atoms with Gasteiger partial charge in [0.25, 0.3) is 0 Å². The number of hydrogen-bond donors (Lipinski definition) is 1. The van der Waals surface area contributed by atoms with Crippen molar-refractivity contribution in [2.24, 2.45) is 0 Å². The van der Waals surface area contributed by atoms with E-state index in [1.165, 1.54) is 19.3 Å². The third-order valence-corrected chi connectivity index (χ3v) is 1.94. The van der Waals surface area contributed by atoms with E-state index in [4.69, 9.17) is 4.74 Å². The normalized spacial score (nSPS) is 13.4. The van der Waals surface area contributed by atoms with E-state index in [1.54, 1.807) is 0 Å². The van der Waals surface area contributed by atoms with E-state index in [0.717, 1.165) is 18.8 Å². The highest BCUT2D eigenvalue weighted by Gasteiger charge is 1.98. The second-order valence-corrected chi connectivity index (χ2v) is 3.35. The van der Waals surface area contributed by atoms with Crippen molar-refractivity contribution >= 4 is 12.6 Å². The maximum Gasteiger partial charge on any atom is 0.0554 e. The lowest BCUT2D eigenvalue weighted by molar-refractivity contribution is 0.0618. The van der Waals surface area contributed by atoms with Gasteiger partial charge in [0, 0.05) is 6.61 Å². The summed E-state index contributed by atoms with van der Waals surface area (Å²) in [5.41, 5.74) is 0. The maximum atomic E-state index is 5.54. The zero-order chi connectivity index (χ0) is 8.53. The van der Waals surface area contributed by atoms with Gasteiger partial charge in [0.05, 0.1) is 6.10 Å². The first-order valence-corrected chi connectivity index (χ1v) is 5.17. The van der Waals surface area contributed by atoms with Gasteiger partial charge in [-0.2, -0.15) is 12.6 Å². The number of hydrogen-bond acceptors (Lipinski definition) is 2. The van der Waals surface area contributed by atoms with Crippen molar-refractivity contribution in [2.75, 3.05) is 12.4 Å². The van der Waals surface area contributed by atoms with Crippen molar-refractivity contribution in [3.05, 3.63) is 0 Å². The van der Waals surface area contributed by atoms with Crippen molar-refractivity contribution in [3.8, 4) is 0 Å². The Labute approximate surface area is 75.9 Å². The molecule has 0 rings (SSSR count). The van der Waals surface area contributed by atoms with Gasteiger partial charge < -0.3 is 4.74 Å². The standard InChI is InChI=1S/C9H20OS/c1-3-4-5-7-10-9(2)6-8-11/h9,11H,3-8H2,1-2H3. The van der Waals surface area contributed by atoms with Crippen LogP contribution in [0.3, 0.4) is 0 Å². The molecule has 0 bridgehead atoms. The van der Waals surface area contributed by atoms with Crippen molar-refractivity contribution in [1.29, 1.82) is 0 Å². The number of unbranched alkanes of at least 4 members (excludes halogenated alkanes) is 2. The molecular formula is C9H20OS. The molecule has 0 aliphatic heterocycles. The molecule has 0 aromatic heterocycles. The second-order valence-electron chi connectivity index (χ2n) is 2.90. The lowest BCUT2D eigenvalue weighted by Gasteiger charge is -2.10. The Kier molecular flexibility index (Phi) is 8.64. The molecule has 0 saturated heterocycles. The molecule has 0 aliphatic rings. The van der Waals surface area contributed by atoms with Crippen molar-refractivity contribution in [3.63, 3.8) is 0 Å². The monoisotopic (exact) mass is 176 g/mol. The van der Waals surface area contributed by atoms with Gasteiger partial charge in [-0.05, 0) is 25.5 Å². The Morgan fingerprint density at radius 1 is 1.36 bits per heavy atom. The molecular weight excluding hydrogens is 156 g/mol. The molecule has 1 nitrogen and oxygen atoms in total. The molecule has 0 aromatic rings. The fourth-order valence-electron chi connectivity index (χ4n) is 0.902. The molecule has 0 heterocycles. The Hall–Kier alpha value is 0.310.